The summed E-state index contributed by atoms with van der Waals surface area (Å²) in [6, 6.07) is 0.711. The maximum Gasteiger partial charge on any atom is 0.0431 e. The van der Waals surface area contributed by atoms with Crippen LogP contribution in [0.4, 0.5) is 0 Å². The fraction of sp³-hybridized carbons (Fsp3) is 1.00. The molecule has 0 aliphatic carbocycles. The molecule has 0 aromatic heterocycles. The van der Waals surface area contributed by atoms with Crippen LogP contribution in [0.1, 0.15) is 39.5 Å². The van der Waals surface area contributed by atoms with Gasteiger partial charge in [0.15, 0.2) is 0 Å². The van der Waals surface area contributed by atoms with Crippen LogP contribution in [0.25, 0.3) is 0 Å². The molecular weight excluding hydrogens is 200 g/mol. The lowest BCUT2D eigenvalue weighted by molar-refractivity contribution is 0.151. The van der Waals surface area contributed by atoms with Crippen molar-refractivity contribution in [2.75, 3.05) is 33.3 Å². The molecule has 1 fully saturated rings. The second-order valence-corrected chi connectivity index (χ2v) is 5.83. The van der Waals surface area contributed by atoms with Crippen LogP contribution in [0.2, 0.25) is 0 Å². The summed E-state index contributed by atoms with van der Waals surface area (Å²) in [4.78, 5) is 2.62. The maximum atomic E-state index is 8.90. The van der Waals surface area contributed by atoms with Gasteiger partial charge in [0.2, 0.25) is 0 Å². The molecule has 0 aromatic rings. The normalized spacial score (nSPS) is 22.9. The predicted octanol–water partition coefficient (Wildman–Crippen LogP) is 1.47. The lowest BCUT2D eigenvalue weighted by atomic mass is 9.92. The Morgan fingerprint density at radius 3 is 2.81 bits per heavy atom. The van der Waals surface area contributed by atoms with Crippen molar-refractivity contribution in [3.05, 3.63) is 0 Å². The molecule has 0 saturated carbocycles. The molecule has 0 aromatic carbocycles. The van der Waals surface area contributed by atoms with E-state index in [1.165, 1.54) is 25.9 Å². The minimum Gasteiger partial charge on any atom is -0.396 e. The molecular formula is C13H28N2O. The van der Waals surface area contributed by atoms with E-state index in [-0.39, 0.29) is 0 Å². The Hall–Kier alpha value is -0.120. The Labute approximate surface area is 100 Å². The Kier molecular flexibility index (Phi) is 5.73. The number of aliphatic hydroxyl groups excluding tert-OH is 1. The number of nitrogens with one attached hydrogen (secondary N) is 1. The Balaban J connectivity index is 2.39. The van der Waals surface area contributed by atoms with Crippen LogP contribution >= 0.6 is 0 Å². The van der Waals surface area contributed by atoms with Crippen LogP contribution in [0.3, 0.4) is 0 Å². The molecule has 1 atom stereocenters. The van der Waals surface area contributed by atoms with Crippen LogP contribution < -0.4 is 5.32 Å². The highest BCUT2D eigenvalue weighted by molar-refractivity contribution is 4.84. The van der Waals surface area contributed by atoms with Gasteiger partial charge in [-0.15, -0.1) is 0 Å². The SMILES string of the molecule is CNCC(C)(C)CN1CCCC1CCCO. The van der Waals surface area contributed by atoms with E-state index in [4.69, 9.17) is 5.11 Å². The van der Waals surface area contributed by atoms with E-state index in [2.05, 4.69) is 24.1 Å². The third-order valence-electron chi connectivity index (χ3n) is 3.48. The first-order chi connectivity index (χ1) is 7.59. The van der Waals surface area contributed by atoms with Crippen molar-refractivity contribution >= 4 is 0 Å². The van der Waals surface area contributed by atoms with Crippen molar-refractivity contribution in [1.29, 1.82) is 0 Å². The van der Waals surface area contributed by atoms with Gasteiger partial charge in [0.1, 0.15) is 0 Å². The number of aliphatic hydroxyl groups is 1. The second-order valence-electron chi connectivity index (χ2n) is 5.83. The van der Waals surface area contributed by atoms with Gasteiger partial charge in [-0.2, -0.15) is 0 Å². The Morgan fingerprint density at radius 2 is 2.19 bits per heavy atom. The first-order valence-electron chi connectivity index (χ1n) is 6.58. The monoisotopic (exact) mass is 228 g/mol. The fourth-order valence-corrected chi connectivity index (χ4v) is 2.84. The average molecular weight is 228 g/mol. The lowest BCUT2D eigenvalue weighted by Gasteiger charge is -2.33. The number of hydrogen-bond donors (Lipinski definition) is 2. The quantitative estimate of drug-likeness (QED) is 0.692. The van der Waals surface area contributed by atoms with Gasteiger partial charge in [-0.05, 0) is 44.7 Å². The van der Waals surface area contributed by atoms with E-state index < -0.39 is 0 Å². The van der Waals surface area contributed by atoms with Crippen LogP contribution in [-0.2, 0) is 0 Å². The summed E-state index contributed by atoms with van der Waals surface area (Å²) in [5, 5.41) is 12.2. The third-order valence-corrected chi connectivity index (χ3v) is 3.48. The third kappa shape index (κ3) is 4.40. The van der Waals surface area contributed by atoms with Crippen molar-refractivity contribution in [1.82, 2.24) is 10.2 Å². The molecule has 0 radical (unpaired) electrons. The molecule has 1 unspecified atom stereocenters. The summed E-state index contributed by atoms with van der Waals surface area (Å²) < 4.78 is 0. The largest absolute Gasteiger partial charge is 0.396 e. The number of nitrogens with zero attached hydrogens (tertiary/aromatic N) is 1. The highest BCUT2D eigenvalue weighted by Crippen LogP contribution is 2.26. The van der Waals surface area contributed by atoms with Gasteiger partial charge in [0.25, 0.3) is 0 Å². The van der Waals surface area contributed by atoms with E-state index in [9.17, 15) is 0 Å². The Bertz CT molecular complexity index is 194. The van der Waals surface area contributed by atoms with Gasteiger partial charge in [0.05, 0.1) is 0 Å². The average Bonchev–Trinajstić information content (AvgIpc) is 2.61. The molecule has 2 N–H and O–H groups in total. The van der Waals surface area contributed by atoms with Crippen molar-refractivity contribution in [3.63, 3.8) is 0 Å². The molecule has 0 spiro atoms. The van der Waals surface area contributed by atoms with Crippen LogP contribution in [-0.4, -0.2) is 49.3 Å². The molecule has 0 bridgehead atoms. The highest BCUT2D eigenvalue weighted by atomic mass is 16.2. The van der Waals surface area contributed by atoms with E-state index in [1.54, 1.807) is 0 Å². The van der Waals surface area contributed by atoms with Gasteiger partial charge < -0.3 is 10.4 Å². The zero-order valence-corrected chi connectivity index (χ0v) is 11.1. The predicted molar refractivity (Wildman–Crippen MR) is 68.6 cm³/mol. The van der Waals surface area contributed by atoms with Crippen LogP contribution in [0.15, 0.2) is 0 Å². The second kappa shape index (κ2) is 6.58. The minimum atomic E-state index is 0.338. The Morgan fingerprint density at radius 1 is 1.44 bits per heavy atom. The zero-order valence-electron chi connectivity index (χ0n) is 11.1. The van der Waals surface area contributed by atoms with Crippen molar-refractivity contribution in [2.45, 2.75) is 45.6 Å². The number of hydrogen-bond acceptors (Lipinski definition) is 3. The summed E-state index contributed by atoms with van der Waals surface area (Å²) in [5.74, 6) is 0. The summed E-state index contributed by atoms with van der Waals surface area (Å²) in [6.07, 6.45) is 4.75. The molecule has 1 aliphatic heterocycles. The highest BCUT2D eigenvalue weighted by Gasteiger charge is 2.29. The first-order valence-corrected chi connectivity index (χ1v) is 6.58. The molecule has 1 heterocycles. The van der Waals surface area contributed by atoms with Gasteiger partial charge in [-0.25, -0.2) is 0 Å². The maximum absolute atomic E-state index is 8.90. The summed E-state index contributed by atoms with van der Waals surface area (Å²) in [6.45, 7) is 8.46. The molecule has 96 valence electrons. The van der Waals surface area contributed by atoms with E-state index in [0.29, 0.717) is 18.1 Å². The van der Waals surface area contributed by atoms with Gasteiger partial charge in [-0.3, -0.25) is 4.90 Å². The van der Waals surface area contributed by atoms with Crippen LogP contribution in [0, 0.1) is 5.41 Å². The summed E-state index contributed by atoms with van der Waals surface area (Å²) >= 11 is 0. The van der Waals surface area contributed by atoms with E-state index in [1.807, 2.05) is 7.05 Å². The van der Waals surface area contributed by atoms with Crippen LogP contribution in [0.5, 0.6) is 0 Å². The standard InChI is InChI=1S/C13H28N2O/c1-13(2,10-14-3)11-15-8-4-6-12(15)7-5-9-16/h12,14,16H,4-11H2,1-3H3. The van der Waals surface area contributed by atoms with Crippen molar-refractivity contribution in [2.24, 2.45) is 5.41 Å². The minimum absolute atomic E-state index is 0.338. The van der Waals surface area contributed by atoms with Gasteiger partial charge >= 0.3 is 0 Å². The molecule has 1 rings (SSSR count). The zero-order chi connectivity index (χ0) is 12.0. The van der Waals surface area contributed by atoms with Crippen molar-refractivity contribution in [3.8, 4) is 0 Å². The number of likely N-dealkylation sites (tertiary alicyclic amines) is 1. The topological polar surface area (TPSA) is 35.5 Å². The summed E-state index contributed by atoms with van der Waals surface area (Å²) in [7, 11) is 2.02. The smallest absolute Gasteiger partial charge is 0.0431 e. The molecule has 1 saturated heterocycles. The fourth-order valence-electron chi connectivity index (χ4n) is 2.84. The first kappa shape index (κ1) is 13.9. The molecule has 16 heavy (non-hydrogen) atoms. The van der Waals surface area contributed by atoms with Crippen molar-refractivity contribution < 1.29 is 5.11 Å². The lowest BCUT2D eigenvalue weighted by Crippen LogP contribution is -2.41. The molecule has 3 nitrogen and oxygen atoms in total. The molecule has 1 aliphatic rings. The van der Waals surface area contributed by atoms with Gasteiger partial charge in [0, 0.05) is 25.7 Å². The van der Waals surface area contributed by atoms with E-state index in [0.717, 1.165) is 19.4 Å². The summed E-state index contributed by atoms with van der Waals surface area (Å²) in [5.41, 5.74) is 0.344. The number of rotatable bonds is 7. The molecule has 0 amide bonds. The van der Waals surface area contributed by atoms with Gasteiger partial charge in [-0.1, -0.05) is 13.8 Å². The molecule has 3 heteroatoms. The van der Waals surface area contributed by atoms with E-state index >= 15 is 0 Å².